The molecule has 2 atom stereocenters. The second-order valence-corrected chi connectivity index (χ2v) is 10.4. The number of fused-ring (bicyclic) bond motifs is 1. The van der Waals surface area contributed by atoms with E-state index in [4.69, 9.17) is 0 Å². The smallest absolute Gasteiger partial charge is 0.317 e. The molecule has 0 bridgehead atoms. The average Bonchev–Trinajstić information content (AvgIpc) is 3.38. The number of benzene rings is 2. The molecule has 2 heterocycles. The van der Waals surface area contributed by atoms with Crippen LogP contribution in [0.5, 0.6) is 0 Å². The van der Waals surface area contributed by atoms with Crippen molar-refractivity contribution in [1.29, 1.82) is 0 Å². The molecule has 0 radical (unpaired) electrons. The molecule has 1 aliphatic rings. The van der Waals surface area contributed by atoms with E-state index in [1.165, 1.54) is 6.07 Å². The molecule has 2 aromatic heterocycles. The van der Waals surface area contributed by atoms with Gasteiger partial charge in [0.2, 0.25) is 10.0 Å². The monoisotopic (exact) mass is 501 g/mol. The summed E-state index contributed by atoms with van der Waals surface area (Å²) in [6.07, 6.45) is 4.33. The second-order valence-electron chi connectivity index (χ2n) is 8.69. The Kier molecular flexibility index (Phi) is 6.06. The highest BCUT2D eigenvalue weighted by atomic mass is 32.2. The number of halogens is 3. The van der Waals surface area contributed by atoms with Crippen LogP contribution in [0.3, 0.4) is 0 Å². The largest absolute Gasteiger partial charge is 0.416 e. The molecule has 0 amide bonds. The molecule has 182 valence electrons. The van der Waals surface area contributed by atoms with E-state index in [0.717, 1.165) is 24.3 Å². The van der Waals surface area contributed by atoms with E-state index >= 15 is 0 Å². The predicted molar refractivity (Wildman–Crippen MR) is 124 cm³/mol. The van der Waals surface area contributed by atoms with Crippen molar-refractivity contribution in [3.8, 4) is 11.1 Å². The summed E-state index contributed by atoms with van der Waals surface area (Å²) < 4.78 is 72.4. The Balaban J connectivity index is 1.52. The molecule has 1 aliphatic carbocycles. The van der Waals surface area contributed by atoms with Gasteiger partial charge in [-0.1, -0.05) is 18.2 Å². The zero-order valence-electron chi connectivity index (χ0n) is 18.5. The van der Waals surface area contributed by atoms with E-state index in [1.807, 2.05) is 4.57 Å². The Bertz CT molecular complexity index is 1450. The van der Waals surface area contributed by atoms with E-state index in [0.29, 0.717) is 29.9 Å². The van der Waals surface area contributed by atoms with Crippen LogP contribution in [0.25, 0.3) is 21.9 Å². The third kappa shape index (κ3) is 4.92. The lowest BCUT2D eigenvalue weighted by atomic mass is 9.91. The molecule has 4 aromatic rings. The Morgan fingerprint density at radius 3 is 2.60 bits per heavy atom. The van der Waals surface area contributed by atoms with Crippen LogP contribution in [0.2, 0.25) is 0 Å². The lowest BCUT2D eigenvalue weighted by molar-refractivity contribution is -0.137. The number of aromatic nitrogens is 4. The minimum absolute atomic E-state index is 0.0211. The van der Waals surface area contributed by atoms with Crippen LogP contribution in [-0.4, -0.2) is 34.2 Å². The van der Waals surface area contributed by atoms with E-state index in [1.54, 1.807) is 49.3 Å². The molecule has 1 fully saturated rings. The lowest BCUT2D eigenvalue weighted by Gasteiger charge is -2.30. The van der Waals surface area contributed by atoms with Gasteiger partial charge >= 0.3 is 6.18 Å². The minimum atomic E-state index is -4.71. The highest BCUT2D eigenvalue weighted by Gasteiger charge is 2.34. The summed E-state index contributed by atoms with van der Waals surface area (Å²) in [5, 5.41) is 9.03. The lowest BCUT2D eigenvalue weighted by Crippen LogP contribution is -2.38. The normalized spacial score (nSPS) is 19.2. The first-order valence-corrected chi connectivity index (χ1v) is 12.6. The number of pyridine rings is 1. The van der Waals surface area contributed by atoms with Crippen molar-refractivity contribution >= 4 is 20.8 Å². The van der Waals surface area contributed by atoms with Crippen LogP contribution >= 0.6 is 0 Å². The molecule has 0 spiro atoms. The summed E-state index contributed by atoms with van der Waals surface area (Å²) in [6.45, 7) is 0. The maximum absolute atomic E-state index is 13.8. The van der Waals surface area contributed by atoms with E-state index < -0.39 is 32.7 Å². The van der Waals surface area contributed by atoms with Gasteiger partial charge in [-0.15, -0.1) is 10.2 Å². The van der Waals surface area contributed by atoms with Crippen LogP contribution < -0.4 is 4.72 Å². The van der Waals surface area contributed by atoms with Crippen molar-refractivity contribution in [3.05, 3.63) is 73.1 Å². The molecule has 0 aliphatic heterocycles. The number of hydrogen-bond donors (Lipinski definition) is 1. The van der Waals surface area contributed by atoms with Crippen molar-refractivity contribution in [2.45, 2.75) is 48.8 Å². The number of rotatable bonds is 5. The highest BCUT2D eigenvalue weighted by Crippen LogP contribution is 2.37. The topological polar surface area (TPSA) is 89.8 Å². The van der Waals surface area contributed by atoms with Gasteiger partial charge in [-0.25, -0.2) is 13.1 Å². The Labute approximate surface area is 200 Å². The van der Waals surface area contributed by atoms with Gasteiger partial charge in [0.25, 0.3) is 0 Å². The van der Waals surface area contributed by atoms with Gasteiger partial charge < -0.3 is 4.57 Å². The van der Waals surface area contributed by atoms with Crippen LogP contribution in [0, 0.1) is 0 Å². The maximum Gasteiger partial charge on any atom is 0.416 e. The first kappa shape index (κ1) is 23.4. The molecule has 7 nitrogen and oxygen atoms in total. The zero-order chi connectivity index (χ0) is 24.6. The number of nitrogens with zero attached hydrogens (tertiary/aromatic N) is 4. The van der Waals surface area contributed by atoms with Crippen LogP contribution in [0.4, 0.5) is 13.2 Å². The molecule has 2 aromatic carbocycles. The third-order valence-corrected chi connectivity index (χ3v) is 7.86. The fourth-order valence-corrected chi connectivity index (χ4v) is 6.03. The molecule has 1 N–H and O–H groups in total. The van der Waals surface area contributed by atoms with Gasteiger partial charge in [-0.05, 0) is 66.5 Å². The summed E-state index contributed by atoms with van der Waals surface area (Å²) in [5.74, 6) is 0. The average molecular weight is 502 g/mol. The van der Waals surface area contributed by atoms with Crippen molar-refractivity contribution in [1.82, 2.24) is 24.5 Å². The Morgan fingerprint density at radius 2 is 1.83 bits per heavy atom. The van der Waals surface area contributed by atoms with E-state index in [9.17, 15) is 21.6 Å². The molecular weight excluding hydrogens is 479 g/mol. The number of alkyl halides is 3. The molecular formula is C24H22F3N5O2S. The number of nitrogens with one attached hydrogen (secondary N) is 1. The predicted octanol–water partition coefficient (Wildman–Crippen LogP) is 4.97. The molecule has 0 saturated heterocycles. The van der Waals surface area contributed by atoms with Gasteiger partial charge in [0.1, 0.15) is 12.7 Å². The van der Waals surface area contributed by atoms with Gasteiger partial charge in [-0.2, -0.15) is 13.2 Å². The fraction of sp³-hybridized carbons (Fsp3) is 0.292. The first-order chi connectivity index (χ1) is 16.7. The quantitative estimate of drug-likeness (QED) is 0.417. The van der Waals surface area contributed by atoms with Crippen molar-refractivity contribution < 1.29 is 21.6 Å². The molecule has 2 unspecified atom stereocenters. The standard InChI is InChI=1S/C24H22F3N5O2S/c25-24(26,27)18-9-17(22-6-1-3-16-13-28-8-7-23(16)22)10-21(11-18)35(33,34)31-19-4-2-5-20(12-19)32-14-29-30-15-32/h1,3,6-11,13-15,19-20,31H,2,4-5,12H2. The van der Waals surface area contributed by atoms with E-state index in [2.05, 4.69) is 19.9 Å². The van der Waals surface area contributed by atoms with Crippen molar-refractivity contribution in [3.63, 3.8) is 0 Å². The Morgan fingerprint density at radius 1 is 1.03 bits per heavy atom. The molecule has 1 saturated carbocycles. The summed E-state index contributed by atoms with van der Waals surface area (Å²) in [4.78, 5) is 3.64. The van der Waals surface area contributed by atoms with E-state index in [-0.39, 0.29) is 11.6 Å². The summed E-state index contributed by atoms with van der Waals surface area (Å²) in [7, 11) is -4.22. The SMILES string of the molecule is O=S(=O)(NC1CCCC(n2cnnc2)C1)c1cc(-c2cccc3cnccc23)cc(C(F)(F)F)c1. The van der Waals surface area contributed by atoms with Crippen LogP contribution in [0.1, 0.15) is 37.3 Å². The van der Waals surface area contributed by atoms with Gasteiger partial charge in [0, 0.05) is 29.9 Å². The summed E-state index contributed by atoms with van der Waals surface area (Å²) in [5.41, 5.74) is -0.353. The maximum atomic E-state index is 13.8. The van der Waals surface area contributed by atoms with Gasteiger partial charge in [-0.3, -0.25) is 4.98 Å². The number of hydrogen-bond acceptors (Lipinski definition) is 5. The number of sulfonamides is 1. The zero-order valence-corrected chi connectivity index (χ0v) is 19.3. The first-order valence-electron chi connectivity index (χ1n) is 11.1. The molecule has 11 heteroatoms. The van der Waals surface area contributed by atoms with Crippen LogP contribution in [0.15, 0.2) is 72.4 Å². The Hall–Kier alpha value is -3.31. The highest BCUT2D eigenvalue weighted by molar-refractivity contribution is 7.89. The second kappa shape index (κ2) is 9.04. The summed E-state index contributed by atoms with van der Waals surface area (Å²) >= 11 is 0. The fourth-order valence-electron chi connectivity index (χ4n) is 4.67. The van der Waals surface area contributed by atoms with Gasteiger partial charge in [0.15, 0.2) is 0 Å². The van der Waals surface area contributed by atoms with Crippen molar-refractivity contribution in [2.75, 3.05) is 0 Å². The molecule has 35 heavy (non-hydrogen) atoms. The van der Waals surface area contributed by atoms with Gasteiger partial charge in [0.05, 0.1) is 10.5 Å². The molecule has 5 rings (SSSR count). The van der Waals surface area contributed by atoms with Crippen LogP contribution in [-0.2, 0) is 16.2 Å². The summed E-state index contributed by atoms with van der Waals surface area (Å²) in [6, 6.07) is 9.46. The van der Waals surface area contributed by atoms with Crippen molar-refractivity contribution in [2.24, 2.45) is 0 Å². The minimum Gasteiger partial charge on any atom is -0.317 e. The third-order valence-electron chi connectivity index (χ3n) is 6.36.